The summed E-state index contributed by atoms with van der Waals surface area (Å²) in [6.45, 7) is 1.74. The number of nitro groups is 1. The number of aryl methyl sites for hydroxylation is 1. The Morgan fingerprint density at radius 3 is 2.71 bits per heavy atom. The Balaban J connectivity index is 0.00000144. The van der Waals surface area contributed by atoms with Crippen LogP contribution in [0.15, 0.2) is 18.2 Å². The molecule has 0 unspecified atom stereocenters. The van der Waals surface area contributed by atoms with Crippen LogP contribution in [0.1, 0.15) is 36.4 Å². The molecule has 0 aromatic heterocycles. The van der Waals surface area contributed by atoms with E-state index in [9.17, 15) is 10.1 Å². The molecule has 2 rings (SSSR count). The lowest BCUT2D eigenvalue weighted by Crippen LogP contribution is -2.11. The van der Waals surface area contributed by atoms with E-state index >= 15 is 0 Å². The van der Waals surface area contributed by atoms with Crippen molar-refractivity contribution in [3.8, 4) is 0 Å². The van der Waals surface area contributed by atoms with E-state index in [1.54, 1.807) is 19.1 Å². The van der Waals surface area contributed by atoms with Gasteiger partial charge >= 0.3 is 0 Å². The van der Waals surface area contributed by atoms with E-state index < -0.39 is 0 Å². The summed E-state index contributed by atoms with van der Waals surface area (Å²) < 4.78 is 0. The van der Waals surface area contributed by atoms with Gasteiger partial charge in [0.1, 0.15) is 0 Å². The second-order valence-corrected chi connectivity index (χ2v) is 4.59. The van der Waals surface area contributed by atoms with Crippen LogP contribution in [0.5, 0.6) is 0 Å². The van der Waals surface area contributed by atoms with Gasteiger partial charge in [0.15, 0.2) is 0 Å². The van der Waals surface area contributed by atoms with Crippen molar-refractivity contribution in [3.63, 3.8) is 0 Å². The first-order valence-corrected chi connectivity index (χ1v) is 5.58. The van der Waals surface area contributed by atoms with Gasteiger partial charge < -0.3 is 5.73 Å². The van der Waals surface area contributed by atoms with Crippen LogP contribution in [0, 0.1) is 23.0 Å². The number of nitrogens with zero attached hydrogens (tertiary/aromatic N) is 1. The number of hydrogen-bond donors (Lipinski definition) is 1. The smallest absolute Gasteiger partial charge is 0.272 e. The molecule has 0 radical (unpaired) electrons. The quantitative estimate of drug-likeness (QED) is 0.665. The summed E-state index contributed by atoms with van der Waals surface area (Å²) in [5, 5.41) is 10.8. The number of hydrogen-bond acceptors (Lipinski definition) is 3. The monoisotopic (exact) mass is 256 g/mol. The van der Waals surface area contributed by atoms with Crippen LogP contribution in [0.3, 0.4) is 0 Å². The lowest BCUT2D eigenvalue weighted by molar-refractivity contribution is -0.385. The third-order valence-electron chi connectivity index (χ3n) is 3.14. The van der Waals surface area contributed by atoms with Gasteiger partial charge in [-0.3, -0.25) is 10.1 Å². The minimum atomic E-state index is -0.345. The molecule has 0 aliphatic heterocycles. The molecule has 1 fully saturated rings. The maximum absolute atomic E-state index is 10.8. The van der Waals surface area contributed by atoms with E-state index in [1.165, 1.54) is 12.8 Å². The van der Waals surface area contributed by atoms with Crippen LogP contribution in [-0.4, -0.2) is 4.92 Å². The highest BCUT2D eigenvalue weighted by molar-refractivity contribution is 5.85. The zero-order chi connectivity index (χ0) is 11.7. The molecule has 0 bridgehead atoms. The standard InChI is InChI=1S/C12H16N2O2.ClH/c1-8-2-5-10(7-12(8)14(15)16)11(13)6-9-3-4-9;/h2,5,7,9,11H,3-4,6,13H2,1H3;1H/t11-;/m1./s1. The molecule has 0 amide bonds. The highest BCUT2D eigenvalue weighted by Crippen LogP contribution is 2.37. The second kappa shape index (κ2) is 5.47. The topological polar surface area (TPSA) is 69.2 Å². The van der Waals surface area contributed by atoms with Crippen molar-refractivity contribution in [2.75, 3.05) is 0 Å². The molecule has 5 heteroatoms. The number of rotatable bonds is 4. The van der Waals surface area contributed by atoms with Gasteiger partial charge in [-0.05, 0) is 24.8 Å². The average molecular weight is 257 g/mol. The van der Waals surface area contributed by atoms with Crippen molar-refractivity contribution in [2.24, 2.45) is 11.7 Å². The zero-order valence-corrected chi connectivity index (χ0v) is 10.6. The molecule has 2 N–H and O–H groups in total. The first kappa shape index (κ1) is 13.9. The Hall–Kier alpha value is -1.13. The van der Waals surface area contributed by atoms with Crippen LogP contribution >= 0.6 is 12.4 Å². The minimum Gasteiger partial charge on any atom is -0.324 e. The molecule has 1 aromatic rings. The summed E-state index contributed by atoms with van der Waals surface area (Å²) in [4.78, 5) is 10.5. The number of nitro benzene ring substituents is 1. The number of benzene rings is 1. The molecule has 1 aliphatic rings. The molecular formula is C12H17ClN2O2. The van der Waals surface area contributed by atoms with Crippen molar-refractivity contribution in [2.45, 2.75) is 32.2 Å². The Labute approximate surface area is 107 Å². The molecule has 1 saturated carbocycles. The summed E-state index contributed by atoms with van der Waals surface area (Å²) in [7, 11) is 0. The zero-order valence-electron chi connectivity index (χ0n) is 9.76. The van der Waals surface area contributed by atoms with Gasteiger partial charge in [-0.25, -0.2) is 0 Å². The third kappa shape index (κ3) is 3.41. The summed E-state index contributed by atoms with van der Waals surface area (Å²) in [5.41, 5.74) is 7.77. The minimum absolute atomic E-state index is 0. The predicted octanol–water partition coefficient (Wildman–Crippen LogP) is 3.12. The molecule has 0 heterocycles. The highest BCUT2D eigenvalue weighted by Gasteiger charge is 2.25. The molecule has 0 saturated heterocycles. The molecule has 4 nitrogen and oxygen atoms in total. The first-order valence-electron chi connectivity index (χ1n) is 5.58. The van der Waals surface area contributed by atoms with E-state index in [0.717, 1.165) is 17.9 Å². The van der Waals surface area contributed by atoms with Gasteiger partial charge in [0, 0.05) is 17.7 Å². The largest absolute Gasteiger partial charge is 0.324 e. The first-order chi connectivity index (χ1) is 7.58. The fourth-order valence-corrected chi connectivity index (χ4v) is 1.90. The molecule has 0 spiro atoms. The lowest BCUT2D eigenvalue weighted by atomic mass is 10.00. The molecule has 17 heavy (non-hydrogen) atoms. The van der Waals surface area contributed by atoms with Gasteiger partial charge in [0.25, 0.3) is 5.69 Å². The molecular weight excluding hydrogens is 240 g/mol. The Bertz CT molecular complexity index is 419. The maximum Gasteiger partial charge on any atom is 0.272 e. The van der Waals surface area contributed by atoms with E-state index in [2.05, 4.69) is 0 Å². The van der Waals surface area contributed by atoms with Crippen LogP contribution in [0.25, 0.3) is 0 Å². The lowest BCUT2D eigenvalue weighted by Gasteiger charge is -2.11. The van der Waals surface area contributed by atoms with Crippen molar-refractivity contribution in [1.82, 2.24) is 0 Å². The van der Waals surface area contributed by atoms with E-state index in [1.807, 2.05) is 6.07 Å². The van der Waals surface area contributed by atoms with Gasteiger partial charge in [-0.1, -0.05) is 25.0 Å². The summed E-state index contributed by atoms with van der Waals surface area (Å²) >= 11 is 0. The normalized spacial score (nSPS) is 16.1. The predicted molar refractivity (Wildman–Crippen MR) is 69.4 cm³/mol. The number of nitrogens with two attached hydrogens (primary N) is 1. The molecule has 1 aromatic carbocycles. The second-order valence-electron chi connectivity index (χ2n) is 4.59. The van der Waals surface area contributed by atoms with E-state index in [0.29, 0.717) is 5.56 Å². The fraction of sp³-hybridized carbons (Fsp3) is 0.500. The van der Waals surface area contributed by atoms with Gasteiger partial charge in [-0.15, -0.1) is 12.4 Å². The van der Waals surface area contributed by atoms with E-state index in [-0.39, 0.29) is 29.1 Å². The van der Waals surface area contributed by atoms with Crippen molar-refractivity contribution >= 4 is 18.1 Å². The van der Waals surface area contributed by atoms with Crippen molar-refractivity contribution in [1.29, 1.82) is 0 Å². The SMILES string of the molecule is Cc1ccc([C@H](N)CC2CC2)cc1[N+](=O)[O-].Cl. The van der Waals surface area contributed by atoms with Crippen LogP contribution < -0.4 is 5.73 Å². The molecule has 1 aliphatic carbocycles. The van der Waals surface area contributed by atoms with Gasteiger partial charge in [0.05, 0.1) is 4.92 Å². The van der Waals surface area contributed by atoms with Gasteiger partial charge in [0.2, 0.25) is 0 Å². The van der Waals surface area contributed by atoms with Gasteiger partial charge in [-0.2, -0.15) is 0 Å². The maximum atomic E-state index is 10.8. The number of halogens is 1. The van der Waals surface area contributed by atoms with E-state index in [4.69, 9.17) is 5.73 Å². The summed E-state index contributed by atoms with van der Waals surface area (Å²) in [6.07, 6.45) is 3.45. The third-order valence-corrected chi connectivity index (χ3v) is 3.14. The molecule has 1 atom stereocenters. The van der Waals surface area contributed by atoms with Crippen LogP contribution in [0.2, 0.25) is 0 Å². The summed E-state index contributed by atoms with van der Waals surface area (Å²) in [5.74, 6) is 0.732. The Kier molecular flexibility index (Phi) is 4.48. The summed E-state index contributed by atoms with van der Waals surface area (Å²) in [6, 6.07) is 5.23. The fourth-order valence-electron chi connectivity index (χ4n) is 1.90. The Morgan fingerprint density at radius 2 is 2.18 bits per heavy atom. The van der Waals surface area contributed by atoms with Crippen molar-refractivity contribution < 1.29 is 4.92 Å². The average Bonchev–Trinajstić information content (AvgIpc) is 3.01. The van der Waals surface area contributed by atoms with Crippen LogP contribution in [-0.2, 0) is 0 Å². The Morgan fingerprint density at radius 1 is 1.53 bits per heavy atom. The highest BCUT2D eigenvalue weighted by atomic mass is 35.5. The van der Waals surface area contributed by atoms with Crippen LogP contribution in [0.4, 0.5) is 5.69 Å². The van der Waals surface area contributed by atoms with Crippen molar-refractivity contribution in [3.05, 3.63) is 39.4 Å². The molecule has 94 valence electrons.